The zero-order chi connectivity index (χ0) is 17.2. The Hall–Kier alpha value is -2.50. The second-order valence-electron chi connectivity index (χ2n) is 6.49. The Balaban J connectivity index is 2.00. The molecule has 0 bridgehead atoms. The van der Waals surface area contributed by atoms with Crippen molar-refractivity contribution in [3.63, 3.8) is 0 Å². The van der Waals surface area contributed by atoms with Crippen LogP contribution in [0.4, 0.5) is 0 Å². The fraction of sp³-hybridized carbons (Fsp3) is 0.412. The number of carbonyl (C=O) groups is 2. The molecule has 2 N–H and O–H groups in total. The molecule has 0 aliphatic heterocycles. The van der Waals surface area contributed by atoms with Crippen LogP contribution in [0.5, 0.6) is 5.75 Å². The molecule has 2 rings (SSSR count). The van der Waals surface area contributed by atoms with E-state index in [1.807, 2.05) is 20.8 Å². The molecule has 1 aromatic carbocycles. The van der Waals surface area contributed by atoms with Gasteiger partial charge in [-0.2, -0.15) is 0 Å². The lowest BCUT2D eigenvalue weighted by Gasteiger charge is -2.23. The first-order valence-electron chi connectivity index (χ1n) is 7.36. The van der Waals surface area contributed by atoms with Gasteiger partial charge < -0.3 is 19.6 Å². The van der Waals surface area contributed by atoms with Crippen molar-refractivity contribution in [3.05, 3.63) is 30.0 Å². The third kappa shape index (κ3) is 4.48. The minimum absolute atomic E-state index is 0.00901. The molecule has 1 aromatic heterocycles. The number of ether oxygens (including phenoxy) is 1. The zero-order valence-corrected chi connectivity index (χ0v) is 13.7. The maximum Gasteiger partial charge on any atom is 0.311 e. The van der Waals surface area contributed by atoms with Crippen LogP contribution in [0.1, 0.15) is 33.3 Å². The topological polar surface area (TPSA) is 88.8 Å². The SMILES string of the molecule is C[C@H](OC(=O)Cc1coc2cc(O)ccc12)C(=O)NC(C)(C)C. The summed E-state index contributed by atoms with van der Waals surface area (Å²) in [7, 11) is 0. The normalized spacial score (nSPS) is 12.9. The number of hydrogen-bond acceptors (Lipinski definition) is 5. The number of furan rings is 1. The van der Waals surface area contributed by atoms with Crippen molar-refractivity contribution in [3.8, 4) is 5.75 Å². The van der Waals surface area contributed by atoms with E-state index in [-0.39, 0.29) is 23.6 Å². The van der Waals surface area contributed by atoms with Gasteiger partial charge in [0.2, 0.25) is 0 Å². The molecular weight excluding hydrogens is 298 g/mol. The van der Waals surface area contributed by atoms with Gasteiger partial charge in [0.15, 0.2) is 6.10 Å². The lowest BCUT2D eigenvalue weighted by Crippen LogP contribution is -2.46. The standard InChI is InChI=1S/C17H21NO5/c1-10(16(21)18-17(2,3)4)23-15(20)7-11-9-22-14-8-12(19)5-6-13(11)14/h5-6,8-10,19H,7H2,1-4H3,(H,18,21)/t10-/m0/s1. The van der Waals surface area contributed by atoms with Crippen molar-refractivity contribution < 1.29 is 23.8 Å². The third-order valence-electron chi connectivity index (χ3n) is 3.15. The van der Waals surface area contributed by atoms with E-state index >= 15 is 0 Å². The Morgan fingerprint density at radius 2 is 2.04 bits per heavy atom. The molecule has 1 heterocycles. The Labute approximate surface area is 134 Å². The van der Waals surface area contributed by atoms with Gasteiger partial charge in [-0.05, 0) is 39.8 Å². The fourth-order valence-corrected chi connectivity index (χ4v) is 2.13. The summed E-state index contributed by atoms with van der Waals surface area (Å²) in [5.74, 6) is -0.765. The molecule has 0 aliphatic carbocycles. The van der Waals surface area contributed by atoms with Crippen molar-refractivity contribution in [2.75, 3.05) is 0 Å². The summed E-state index contributed by atoms with van der Waals surface area (Å²) in [5.41, 5.74) is 0.750. The van der Waals surface area contributed by atoms with Crippen LogP contribution < -0.4 is 5.32 Å². The quantitative estimate of drug-likeness (QED) is 0.845. The van der Waals surface area contributed by atoms with Crippen LogP contribution in [0, 0.1) is 0 Å². The predicted octanol–water partition coefficient (Wildman–Crippen LogP) is 2.53. The first-order chi connectivity index (χ1) is 10.7. The van der Waals surface area contributed by atoms with Crippen LogP contribution in [0.3, 0.4) is 0 Å². The van der Waals surface area contributed by atoms with Gasteiger partial charge in [0.25, 0.3) is 5.91 Å². The van der Waals surface area contributed by atoms with Crippen LogP contribution in [0.25, 0.3) is 11.0 Å². The number of phenolic OH excluding ortho intramolecular Hbond substituents is 1. The molecule has 1 atom stereocenters. The molecule has 0 fully saturated rings. The molecule has 1 amide bonds. The third-order valence-corrected chi connectivity index (χ3v) is 3.15. The molecule has 6 heteroatoms. The number of fused-ring (bicyclic) bond motifs is 1. The van der Waals surface area contributed by atoms with Crippen molar-refractivity contribution in [2.45, 2.75) is 45.8 Å². The molecular formula is C17H21NO5. The Bertz CT molecular complexity index is 726. The van der Waals surface area contributed by atoms with Gasteiger partial charge in [0, 0.05) is 22.6 Å². The summed E-state index contributed by atoms with van der Waals surface area (Å²) < 4.78 is 10.5. The maximum absolute atomic E-state index is 12.0. The summed E-state index contributed by atoms with van der Waals surface area (Å²) >= 11 is 0. The second kappa shape index (κ2) is 6.32. The summed E-state index contributed by atoms with van der Waals surface area (Å²) in [6.45, 7) is 7.09. The lowest BCUT2D eigenvalue weighted by atomic mass is 10.1. The van der Waals surface area contributed by atoms with Gasteiger partial charge in [-0.25, -0.2) is 0 Å². The number of esters is 1. The van der Waals surface area contributed by atoms with Crippen LogP contribution in [0.2, 0.25) is 0 Å². The monoisotopic (exact) mass is 319 g/mol. The number of amides is 1. The van der Waals surface area contributed by atoms with E-state index < -0.39 is 12.1 Å². The molecule has 0 spiro atoms. The van der Waals surface area contributed by atoms with Crippen molar-refractivity contribution in [2.24, 2.45) is 0 Å². The summed E-state index contributed by atoms with van der Waals surface area (Å²) in [5, 5.41) is 12.9. The number of phenols is 1. The van der Waals surface area contributed by atoms with E-state index in [0.29, 0.717) is 11.1 Å². The average Bonchev–Trinajstić information content (AvgIpc) is 2.78. The maximum atomic E-state index is 12.0. The number of carbonyl (C=O) groups excluding carboxylic acids is 2. The Morgan fingerprint density at radius 1 is 1.35 bits per heavy atom. The number of nitrogens with one attached hydrogen (secondary N) is 1. The molecule has 124 valence electrons. The van der Waals surface area contributed by atoms with Gasteiger partial charge >= 0.3 is 5.97 Å². The highest BCUT2D eigenvalue weighted by molar-refractivity contribution is 5.88. The van der Waals surface area contributed by atoms with E-state index in [1.165, 1.54) is 25.3 Å². The highest BCUT2D eigenvalue weighted by Gasteiger charge is 2.23. The molecule has 0 radical (unpaired) electrons. The second-order valence-corrected chi connectivity index (χ2v) is 6.49. The van der Waals surface area contributed by atoms with Gasteiger partial charge in [-0.15, -0.1) is 0 Å². The Morgan fingerprint density at radius 3 is 2.70 bits per heavy atom. The summed E-state index contributed by atoms with van der Waals surface area (Å²) in [6.07, 6.45) is 0.569. The number of aromatic hydroxyl groups is 1. The first kappa shape index (κ1) is 16.9. The van der Waals surface area contributed by atoms with E-state index in [2.05, 4.69) is 5.32 Å². The Kier molecular flexibility index (Phi) is 4.63. The molecule has 0 saturated carbocycles. The van der Waals surface area contributed by atoms with E-state index in [0.717, 1.165) is 5.39 Å². The van der Waals surface area contributed by atoms with Gasteiger partial charge in [0.05, 0.1) is 12.7 Å². The smallest absolute Gasteiger partial charge is 0.311 e. The fourth-order valence-electron chi connectivity index (χ4n) is 2.13. The van der Waals surface area contributed by atoms with E-state index in [4.69, 9.17) is 9.15 Å². The highest BCUT2D eigenvalue weighted by atomic mass is 16.5. The van der Waals surface area contributed by atoms with Crippen molar-refractivity contribution >= 4 is 22.8 Å². The van der Waals surface area contributed by atoms with Gasteiger partial charge in [0.1, 0.15) is 11.3 Å². The number of benzene rings is 1. The summed E-state index contributed by atoms with van der Waals surface area (Å²) in [4.78, 5) is 23.9. The molecule has 23 heavy (non-hydrogen) atoms. The summed E-state index contributed by atoms with van der Waals surface area (Å²) in [6, 6.07) is 4.67. The number of rotatable bonds is 4. The molecule has 0 saturated heterocycles. The minimum Gasteiger partial charge on any atom is -0.508 e. The van der Waals surface area contributed by atoms with Crippen molar-refractivity contribution in [1.82, 2.24) is 5.32 Å². The number of hydrogen-bond donors (Lipinski definition) is 2. The van der Waals surface area contributed by atoms with Gasteiger partial charge in [-0.3, -0.25) is 9.59 Å². The van der Waals surface area contributed by atoms with Crippen LogP contribution in [0.15, 0.2) is 28.9 Å². The largest absolute Gasteiger partial charge is 0.508 e. The molecule has 0 aliphatic rings. The molecule has 6 nitrogen and oxygen atoms in total. The van der Waals surface area contributed by atoms with Crippen LogP contribution in [-0.4, -0.2) is 28.6 Å². The molecule has 0 unspecified atom stereocenters. The zero-order valence-electron chi connectivity index (χ0n) is 13.7. The van der Waals surface area contributed by atoms with Gasteiger partial charge in [-0.1, -0.05) is 0 Å². The highest BCUT2D eigenvalue weighted by Crippen LogP contribution is 2.25. The van der Waals surface area contributed by atoms with Crippen LogP contribution >= 0.6 is 0 Å². The van der Waals surface area contributed by atoms with Crippen LogP contribution in [-0.2, 0) is 20.7 Å². The lowest BCUT2D eigenvalue weighted by molar-refractivity contribution is -0.154. The van der Waals surface area contributed by atoms with E-state index in [9.17, 15) is 14.7 Å². The van der Waals surface area contributed by atoms with Crippen molar-refractivity contribution in [1.29, 1.82) is 0 Å². The van der Waals surface area contributed by atoms with E-state index in [1.54, 1.807) is 6.07 Å². The first-order valence-corrected chi connectivity index (χ1v) is 7.36. The average molecular weight is 319 g/mol. The minimum atomic E-state index is -0.871. The molecule has 2 aromatic rings. The predicted molar refractivity (Wildman–Crippen MR) is 85.0 cm³/mol.